The molecule has 0 aromatic heterocycles. The van der Waals surface area contributed by atoms with E-state index in [9.17, 15) is 19.2 Å². The highest BCUT2D eigenvalue weighted by molar-refractivity contribution is 9.10. The van der Waals surface area contributed by atoms with Crippen LogP contribution in [0.5, 0.6) is 5.75 Å². The molecule has 3 aromatic rings. The molecule has 1 saturated heterocycles. The Morgan fingerprint density at radius 1 is 1.05 bits per heavy atom. The lowest BCUT2D eigenvalue weighted by Gasteiger charge is -2.27. The number of imide groups is 2. The Morgan fingerprint density at radius 3 is 2.33 bits per heavy atom. The van der Waals surface area contributed by atoms with E-state index in [0.717, 1.165) is 27.2 Å². The predicted octanol–water partition coefficient (Wildman–Crippen LogP) is 5.74. The lowest BCUT2D eigenvalue weighted by atomic mass is 10.0. The topological polar surface area (TPSA) is 113 Å². The third kappa shape index (κ3) is 6.15. The average Bonchev–Trinajstić information content (AvgIpc) is 2.86. The van der Waals surface area contributed by atoms with E-state index in [1.54, 1.807) is 42.5 Å². The van der Waals surface area contributed by atoms with Gasteiger partial charge in [0, 0.05) is 0 Å². The summed E-state index contributed by atoms with van der Waals surface area (Å²) in [6.45, 7) is 7.71. The van der Waals surface area contributed by atoms with E-state index in [-0.39, 0.29) is 17.7 Å². The maximum atomic E-state index is 13.3. The largest absolute Gasteiger partial charge is 0.487 e. The molecule has 0 spiro atoms. The number of aromatic carboxylic acids is 1. The van der Waals surface area contributed by atoms with E-state index < -0.39 is 23.8 Å². The van der Waals surface area contributed by atoms with Crippen molar-refractivity contribution in [1.82, 2.24) is 5.32 Å². The molecule has 0 atom stereocenters. The fourth-order valence-corrected chi connectivity index (χ4v) is 4.90. The number of nitrogens with zero attached hydrogens (tertiary/aromatic N) is 1. The van der Waals surface area contributed by atoms with Crippen LogP contribution < -0.4 is 15.0 Å². The first-order valence-corrected chi connectivity index (χ1v) is 12.7. The number of anilines is 1. The number of hydrogen-bond donors (Lipinski definition) is 2. The minimum absolute atomic E-state index is 0.183. The number of carbonyl (C=O) groups excluding carboxylic acids is 3. The second-order valence-electron chi connectivity index (χ2n) is 9.08. The number of halogens is 1. The van der Waals surface area contributed by atoms with E-state index in [0.29, 0.717) is 27.9 Å². The zero-order valence-corrected chi connectivity index (χ0v) is 22.9. The van der Waals surface area contributed by atoms with Crippen molar-refractivity contribution in [1.29, 1.82) is 0 Å². The minimum Gasteiger partial charge on any atom is -0.487 e. The fraction of sp³-hybridized carbons (Fsp3) is 0.133. The molecule has 39 heavy (non-hydrogen) atoms. The van der Waals surface area contributed by atoms with Crippen molar-refractivity contribution in [3.8, 4) is 5.75 Å². The summed E-state index contributed by atoms with van der Waals surface area (Å²) < 4.78 is 6.63. The molecule has 4 amide bonds. The number of barbiturate groups is 1. The van der Waals surface area contributed by atoms with Gasteiger partial charge in [-0.05, 0) is 106 Å². The normalized spacial score (nSPS) is 14.4. The van der Waals surface area contributed by atoms with Gasteiger partial charge < -0.3 is 9.84 Å². The summed E-state index contributed by atoms with van der Waals surface area (Å²) >= 11 is 3.53. The number of carbonyl (C=O) groups is 4. The second-order valence-corrected chi connectivity index (χ2v) is 9.93. The molecule has 0 bridgehead atoms. The van der Waals surface area contributed by atoms with Gasteiger partial charge in [0.05, 0.1) is 15.7 Å². The van der Waals surface area contributed by atoms with Crippen LogP contribution in [-0.2, 0) is 22.6 Å². The van der Waals surface area contributed by atoms with Crippen molar-refractivity contribution < 1.29 is 29.0 Å². The van der Waals surface area contributed by atoms with Crippen molar-refractivity contribution in [3.63, 3.8) is 0 Å². The Labute approximate surface area is 233 Å². The second kappa shape index (κ2) is 11.5. The minimum atomic E-state index is -1.00. The number of nitrogens with one attached hydrogen (secondary N) is 1. The van der Waals surface area contributed by atoms with Crippen LogP contribution in [0, 0.1) is 13.8 Å². The highest BCUT2D eigenvalue weighted by Crippen LogP contribution is 2.34. The molecule has 198 valence electrons. The predicted molar refractivity (Wildman–Crippen MR) is 151 cm³/mol. The van der Waals surface area contributed by atoms with Gasteiger partial charge in [-0.1, -0.05) is 24.3 Å². The Bertz CT molecular complexity index is 1520. The van der Waals surface area contributed by atoms with Crippen molar-refractivity contribution in [2.45, 2.75) is 26.9 Å². The number of allylic oxidation sites excluding steroid dienone is 1. The number of carboxylic acids is 1. The molecule has 0 aliphatic carbocycles. The summed E-state index contributed by atoms with van der Waals surface area (Å²) in [6.07, 6.45) is 3.58. The van der Waals surface area contributed by atoms with Crippen molar-refractivity contribution in [3.05, 3.63) is 111 Å². The van der Waals surface area contributed by atoms with Crippen LogP contribution in [0.4, 0.5) is 10.5 Å². The van der Waals surface area contributed by atoms with E-state index in [4.69, 9.17) is 9.84 Å². The molecular weight excluding hydrogens is 564 g/mol. The zero-order valence-electron chi connectivity index (χ0n) is 21.3. The van der Waals surface area contributed by atoms with E-state index in [2.05, 4.69) is 27.8 Å². The SMILES string of the molecule is C=CCc1cc(/C=C2\C(=O)NC(=O)N(c3cc(C)cc(C)c3)C2=O)cc(Br)c1OCc1ccc(C(=O)O)cc1. The Balaban J connectivity index is 1.65. The van der Waals surface area contributed by atoms with Gasteiger partial charge in [0.2, 0.25) is 0 Å². The summed E-state index contributed by atoms with van der Waals surface area (Å²) in [5.41, 5.74) is 4.20. The van der Waals surface area contributed by atoms with Crippen molar-refractivity contribution in [2.24, 2.45) is 0 Å². The summed E-state index contributed by atoms with van der Waals surface area (Å²) in [6, 6.07) is 14.4. The monoisotopic (exact) mass is 588 g/mol. The molecule has 4 rings (SSSR count). The molecule has 0 radical (unpaired) electrons. The van der Waals surface area contributed by atoms with Crippen LogP contribution >= 0.6 is 15.9 Å². The lowest BCUT2D eigenvalue weighted by molar-refractivity contribution is -0.122. The summed E-state index contributed by atoms with van der Waals surface area (Å²) in [7, 11) is 0. The zero-order chi connectivity index (χ0) is 28.3. The summed E-state index contributed by atoms with van der Waals surface area (Å²) in [4.78, 5) is 50.7. The highest BCUT2D eigenvalue weighted by Gasteiger charge is 2.37. The Morgan fingerprint density at radius 2 is 1.72 bits per heavy atom. The molecule has 8 nitrogen and oxygen atoms in total. The average molecular weight is 589 g/mol. The summed E-state index contributed by atoms with van der Waals surface area (Å²) in [5.74, 6) is -1.96. The van der Waals surface area contributed by atoms with Crippen molar-refractivity contribution in [2.75, 3.05) is 4.90 Å². The lowest BCUT2D eigenvalue weighted by Crippen LogP contribution is -2.54. The number of benzene rings is 3. The fourth-order valence-electron chi connectivity index (χ4n) is 4.26. The standard InChI is InChI=1S/C30H25BrN2O6/c1-4-5-22-13-20(15-25(31)26(22)39-16-19-6-8-21(9-7-19)29(36)37)14-24-27(34)32-30(38)33(28(24)35)23-11-17(2)10-18(3)12-23/h4,6-15H,1,5,16H2,2-3H3,(H,36,37)(H,32,34,38)/b24-14+. The van der Waals surface area contributed by atoms with E-state index in [1.807, 2.05) is 19.9 Å². The third-order valence-corrected chi connectivity index (χ3v) is 6.56. The Kier molecular flexibility index (Phi) is 8.11. The molecule has 3 aromatic carbocycles. The van der Waals surface area contributed by atoms with Gasteiger partial charge in [-0.2, -0.15) is 0 Å². The number of ether oxygens (including phenoxy) is 1. The van der Waals surface area contributed by atoms with E-state index in [1.165, 1.54) is 18.2 Å². The summed E-state index contributed by atoms with van der Waals surface area (Å²) in [5, 5.41) is 11.3. The first-order chi connectivity index (χ1) is 18.6. The first-order valence-electron chi connectivity index (χ1n) is 12.0. The molecule has 1 heterocycles. The van der Waals surface area contributed by atoms with Gasteiger partial charge in [0.15, 0.2) is 0 Å². The smallest absolute Gasteiger partial charge is 0.335 e. The third-order valence-electron chi connectivity index (χ3n) is 5.97. The molecule has 0 unspecified atom stereocenters. The number of aryl methyl sites for hydroxylation is 2. The first kappa shape index (κ1) is 27.5. The van der Waals surface area contributed by atoms with Crippen LogP contribution in [0.1, 0.15) is 38.2 Å². The van der Waals surface area contributed by atoms with Gasteiger partial charge in [-0.15, -0.1) is 6.58 Å². The number of carboxylic acid groups (broad SMARTS) is 1. The van der Waals surface area contributed by atoms with Gasteiger partial charge in [0.25, 0.3) is 11.8 Å². The number of rotatable bonds is 8. The van der Waals surface area contributed by atoms with Crippen LogP contribution in [0.25, 0.3) is 6.08 Å². The number of hydrogen-bond acceptors (Lipinski definition) is 5. The van der Waals surface area contributed by atoms with Crippen LogP contribution in [0.15, 0.2) is 77.3 Å². The van der Waals surface area contributed by atoms with Crippen molar-refractivity contribution >= 4 is 51.5 Å². The van der Waals surface area contributed by atoms with E-state index >= 15 is 0 Å². The van der Waals surface area contributed by atoms with Crippen LogP contribution in [-0.4, -0.2) is 28.9 Å². The van der Waals surface area contributed by atoms with Gasteiger partial charge in [-0.25, -0.2) is 14.5 Å². The molecule has 2 N–H and O–H groups in total. The van der Waals surface area contributed by atoms with Crippen LogP contribution in [0.3, 0.4) is 0 Å². The highest BCUT2D eigenvalue weighted by atomic mass is 79.9. The number of amides is 4. The molecule has 0 saturated carbocycles. The van der Waals surface area contributed by atoms with Gasteiger partial charge in [-0.3, -0.25) is 14.9 Å². The molecule has 1 aliphatic heterocycles. The Hall–Kier alpha value is -4.50. The quantitative estimate of drug-likeness (QED) is 0.197. The maximum absolute atomic E-state index is 13.3. The van der Waals surface area contributed by atoms with Gasteiger partial charge >= 0.3 is 12.0 Å². The van der Waals surface area contributed by atoms with Gasteiger partial charge in [0.1, 0.15) is 17.9 Å². The molecule has 9 heteroatoms. The molecule has 1 fully saturated rings. The molecule has 1 aliphatic rings. The number of urea groups is 1. The van der Waals surface area contributed by atoms with Crippen LogP contribution in [0.2, 0.25) is 0 Å². The maximum Gasteiger partial charge on any atom is 0.335 e. The molecular formula is C30H25BrN2O6.